The Morgan fingerprint density at radius 1 is 1.21 bits per heavy atom. The van der Waals surface area contributed by atoms with Gasteiger partial charge in [0.2, 0.25) is 0 Å². The highest BCUT2D eigenvalue weighted by molar-refractivity contribution is 5.45. The summed E-state index contributed by atoms with van der Waals surface area (Å²) in [5.41, 5.74) is 4.52. The Morgan fingerprint density at radius 2 is 2.17 bits per heavy atom. The first-order chi connectivity index (χ1) is 11.8. The lowest BCUT2D eigenvalue weighted by atomic mass is 9.52. The van der Waals surface area contributed by atoms with Gasteiger partial charge >= 0.3 is 0 Å². The molecule has 0 unspecified atom stereocenters. The van der Waals surface area contributed by atoms with Crippen LogP contribution in [-0.2, 0) is 18.4 Å². The van der Waals surface area contributed by atoms with Crippen molar-refractivity contribution in [3.05, 3.63) is 53.5 Å². The van der Waals surface area contributed by atoms with Gasteiger partial charge in [0, 0.05) is 23.6 Å². The minimum Gasteiger partial charge on any atom is -0.508 e. The molecule has 1 aromatic heterocycles. The Kier molecular flexibility index (Phi) is 3.27. The fourth-order valence-corrected chi connectivity index (χ4v) is 5.89. The number of aromatic hydroxyl groups is 1. The number of benzene rings is 1. The van der Waals surface area contributed by atoms with Crippen LogP contribution >= 0.6 is 0 Å². The van der Waals surface area contributed by atoms with Crippen LogP contribution in [0.1, 0.15) is 48.8 Å². The van der Waals surface area contributed by atoms with E-state index in [1.54, 1.807) is 6.26 Å². The SMILES string of the molecule is Oc1ccc2c(c1)[C@@]13CCCC[C@H]1[C@@H](C2)N(Cc1ccoc1)CC3. The van der Waals surface area contributed by atoms with Crippen LogP contribution in [0.3, 0.4) is 0 Å². The number of nitrogens with zero attached hydrogens (tertiary/aromatic N) is 1. The van der Waals surface area contributed by atoms with Gasteiger partial charge in [-0.1, -0.05) is 18.9 Å². The van der Waals surface area contributed by atoms with Crippen LogP contribution in [0.25, 0.3) is 0 Å². The van der Waals surface area contributed by atoms with Crippen molar-refractivity contribution < 1.29 is 9.52 Å². The molecule has 24 heavy (non-hydrogen) atoms. The average molecular weight is 323 g/mol. The van der Waals surface area contributed by atoms with E-state index in [-0.39, 0.29) is 0 Å². The second-order valence-electron chi connectivity index (χ2n) is 7.97. The van der Waals surface area contributed by atoms with Gasteiger partial charge in [-0.2, -0.15) is 0 Å². The maximum absolute atomic E-state index is 10.1. The third-order valence-electron chi connectivity index (χ3n) is 6.90. The Balaban J connectivity index is 1.56. The van der Waals surface area contributed by atoms with E-state index in [1.807, 2.05) is 12.3 Å². The first-order valence-corrected chi connectivity index (χ1v) is 9.34. The molecule has 1 saturated carbocycles. The van der Waals surface area contributed by atoms with Gasteiger partial charge in [-0.15, -0.1) is 0 Å². The molecule has 2 bridgehead atoms. The molecule has 0 amide bonds. The zero-order valence-corrected chi connectivity index (χ0v) is 14.1. The molecule has 3 heteroatoms. The van der Waals surface area contributed by atoms with Gasteiger partial charge in [-0.05, 0) is 67.5 Å². The molecule has 2 aliphatic carbocycles. The van der Waals surface area contributed by atoms with Gasteiger partial charge in [-0.3, -0.25) is 4.90 Å². The topological polar surface area (TPSA) is 36.6 Å². The molecule has 3 atom stereocenters. The van der Waals surface area contributed by atoms with Gasteiger partial charge in [-0.25, -0.2) is 0 Å². The number of hydrogen-bond donors (Lipinski definition) is 1. The van der Waals surface area contributed by atoms with Crippen LogP contribution in [0.4, 0.5) is 0 Å². The van der Waals surface area contributed by atoms with E-state index in [9.17, 15) is 5.11 Å². The molecule has 2 heterocycles. The molecule has 1 aliphatic heterocycles. The van der Waals surface area contributed by atoms with Crippen LogP contribution < -0.4 is 0 Å². The smallest absolute Gasteiger partial charge is 0.115 e. The maximum Gasteiger partial charge on any atom is 0.115 e. The quantitative estimate of drug-likeness (QED) is 0.898. The average Bonchev–Trinajstić information content (AvgIpc) is 3.11. The molecular weight excluding hydrogens is 298 g/mol. The predicted octanol–water partition coefficient (Wildman–Crippen LogP) is 4.24. The second-order valence-corrected chi connectivity index (χ2v) is 7.97. The first-order valence-electron chi connectivity index (χ1n) is 9.34. The largest absolute Gasteiger partial charge is 0.508 e. The summed E-state index contributed by atoms with van der Waals surface area (Å²) in [6.07, 6.45) is 11.3. The zero-order chi connectivity index (χ0) is 16.1. The molecule has 2 fully saturated rings. The van der Waals surface area contributed by atoms with Gasteiger partial charge < -0.3 is 9.52 Å². The third-order valence-corrected chi connectivity index (χ3v) is 6.90. The summed E-state index contributed by atoms with van der Waals surface area (Å²) in [7, 11) is 0. The number of likely N-dealkylation sites (tertiary alicyclic amines) is 1. The van der Waals surface area contributed by atoms with E-state index >= 15 is 0 Å². The minimum absolute atomic E-state index is 0.308. The maximum atomic E-state index is 10.1. The zero-order valence-electron chi connectivity index (χ0n) is 14.1. The molecule has 2 aromatic rings. The summed E-state index contributed by atoms with van der Waals surface area (Å²) < 4.78 is 5.28. The number of fused-ring (bicyclic) bond motifs is 1. The molecule has 126 valence electrons. The second kappa shape index (κ2) is 5.38. The summed E-state index contributed by atoms with van der Waals surface area (Å²) >= 11 is 0. The highest BCUT2D eigenvalue weighted by Crippen LogP contribution is 2.56. The van der Waals surface area contributed by atoms with E-state index in [2.05, 4.69) is 23.1 Å². The number of phenols is 1. The summed E-state index contributed by atoms with van der Waals surface area (Å²) in [5, 5.41) is 10.1. The van der Waals surface area contributed by atoms with Crippen LogP contribution in [0.5, 0.6) is 5.75 Å². The number of hydrogen-bond acceptors (Lipinski definition) is 3. The molecule has 1 N–H and O–H groups in total. The monoisotopic (exact) mass is 323 g/mol. The first kappa shape index (κ1) is 14.6. The van der Waals surface area contributed by atoms with Crippen molar-refractivity contribution in [3.8, 4) is 5.75 Å². The molecule has 0 radical (unpaired) electrons. The van der Waals surface area contributed by atoms with Crippen molar-refractivity contribution in [2.24, 2.45) is 5.92 Å². The van der Waals surface area contributed by atoms with Crippen molar-refractivity contribution in [2.75, 3.05) is 6.54 Å². The van der Waals surface area contributed by atoms with Crippen molar-refractivity contribution in [3.63, 3.8) is 0 Å². The van der Waals surface area contributed by atoms with E-state index < -0.39 is 0 Å². The van der Waals surface area contributed by atoms with Crippen LogP contribution in [0.15, 0.2) is 41.2 Å². The fourth-order valence-electron chi connectivity index (χ4n) is 5.89. The summed E-state index contributed by atoms with van der Waals surface area (Å²) in [5.74, 6) is 1.17. The normalized spacial score (nSPS) is 32.2. The van der Waals surface area contributed by atoms with Gasteiger partial charge in [0.1, 0.15) is 5.75 Å². The van der Waals surface area contributed by atoms with Gasteiger partial charge in [0.25, 0.3) is 0 Å². The molecule has 0 spiro atoms. The lowest BCUT2D eigenvalue weighted by Gasteiger charge is -2.59. The molecule has 1 saturated heterocycles. The van der Waals surface area contributed by atoms with Gasteiger partial charge in [0.15, 0.2) is 0 Å². The van der Waals surface area contributed by atoms with E-state index in [4.69, 9.17) is 4.42 Å². The van der Waals surface area contributed by atoms with Crippen molar-refractivity contribution >= 4 is 0 Å². The standard InChI is InChI=1S/C21H25NO2/c23-17-5-4-16-11-20-18-3-1-2-7-21(18,19(16)12-17)8-9-22(20)13-15-6-10-24-14-15/h4-6,10,12,14,18,20,23H,1-3,7-9,11,13H2/t18-,20+,21+/m0/s1. The van der Waals surface area contributed by atoms with Gasteiger partial charge in [0.05, 0.1) is 12.5 Å². The molecule has 1 aromatic carbocycles. The summed E-state index contributed by atoms with van der Waals surface area (Å²) in [4.78, 5) is 2.69. The lowest BCUT2D eigenvalue weighted by molar-refractivity contribution is -0.0158. The van der Waals surface area contributed by atoms with Crippen molar-refractivity contribution in [1.29, 1.82) is 0 Å². The minimum atomic E-state index is 0.308. The Bertz CT molecular complexity index is 738. The van der Waals surface area contributed by atoms with Crippen LogP contribution in [-0.4, -0.2) is 22.6 Å². The van der Waals surface area contributed by atoms with Crippen molar-refractivity contribution in [1.82, 2.24) is 4.90 Å². The number of piperidine rings is 1. The molecule has 5 rings (SSSR count). The molecule has 3 nitrogen and oxygen atoms in total. The molecule has 3 aliphatic rings. The number of phenolic OH excluding ortho intramolecular Hbond substituents is 1. The highest BCUT2D eigenvalue weighted by Gasteiger charge is 2.53. The summed E-state index contributed by atoms with van der Waals surface area (Å²) in [6, 6.07) is 8.85. The highest BCUT2D eigenvalue weighted by atomic mass is 16.3. The Labute approximate surface area is 143 Å². The Morgan fingerprint density at radius 3 is 3.04 bits per heavy atom. The van der Waals surface area contributed by atoms with Crippen LogP contribution in [0, 0.1) is 5.92 Å². The van der Waals surface area contributed by atoms with E-state index in [0.29, 0.717) is 17.2 Å². The predicted molar refractivity (Wildman–Crippen MR) is 93.0 cm³/mol. The third kappa shape index (κ3) is 2.07. The molecular formula is C21H25NO2. The van der Waals surface area contributed by atoms with Crippen molar-refractivity contribution in [2.45, 2.75) is 56.5 Å². The lowest BCUT2D eigenvalue weighted by Crippen LogP contribution is -2.60. The Hall–Kier alpha value is -1.74. The van der Waals surface area contributed by atoms with E-state index in [1.165, 1.54) is 48.8 Å². The van der Waals surface area contributed by atoms with E-state index in [0.717, 1.165) is 25.4 Å². The number of furan rings is 1. The summed E-state index contributed by atoms with van der Waals surface area (Å²) in [6.45, 7) is 2.16. The van der Waals surface area contributed by atoms with Crippen LogP contribution in [0.2, 0.25) is 0 Å². The number of rotatable bonds is 2. The fraction of sp³-hybridized carbons (Fsp3) is 0.524.